The largest absolute Gasteiger partial charge is 0.381 e. The minimum atomic E-state index is -0.520. The van der Waals surface area contributed by atoms with Gasteiger partial charge in [0.1, 0.15) is 6.73 Å². The van der Waals surface area contributed by atoms with Gasteiger partial charge in [-0.2, -0.15) is 5.10 Å². The van der Waals surface area contributed by atoms with Gasteiger partial charge in [-0.1, -0.05) is 15.9 Å². The predicted octanol–water partition coefficient (Wildman–Crippen LogP) is 4.58. The highest BCUT2D eigenvalue weighted by Crippen LogP contribution is 2.34. The molecule has 3 heterocycles. The smallest absolute Gasteiger partial charge is 0.139 e. The summed E-state index contributed by atoms with van der Waals surface area (Å²) in [6.07, 6.45) is 13.2. The van der Waals surface area contributed by atoms with Crippen molar-refractivity contribution in [2.75, 3.05) is 44.3 Å². The first-order valence-corrected chi connectivity index (χ1v) is 13.3. The number of hydrogen-bond donors (Lipinski definition) is 0. The van der Waals surface area contributed by atoms with E-state index in [0.29, 0.717) is 12.6 Å². The van der Waals surface area contributed by atoms with Crippen molar-refractivity contribution in [3.63, 3.8) is 0 Å². The van der Waals surface area contributed by atoms with Gasteiger partial charge in [0.25, 0.3) is 0 Å². The van der Waals surface area contributed by atoms with E-state index in [1.54, 1.807) is 0 Å². The monoisotopic (exact) mass is 465 g/mol. The molecule has 0 N–H and O–H groups in total. The number of hydrogen-bond acceptors (Lipinski definition) is 3. The van der Waals surface area contributed by atoms with Gasteiger partial charge in [0, 0.05) is 57.1 Å². The van der Waals surface area contributed by atoms with Crippen LogP contribution in [0.2, 0.25) is 0 Å². The lowest BCUT2D eigenvalue weighted by molar-refractivity contribution is -0.0388. The third-order valence-corrected chi connectivity index (χ3v) is 6.90. The summed E-state index contributed by atoms with van der Waals surface area (Å²) in [7, 11) is -0.520. The lowest BCUT2D eigenvalue weighted by Gasteiger charge is -2.26. The summed E-state index contributed by atoms with van der Waals surface area (Å²) in [6.45, 7) is 3.99. The van der Waals surface area contributed by atoms with Crippen LogP contribution in [0.15, 0.2) is 41.3 Å². The van der Waals surface area contributed by atoms with Gasteiger partial charge >= 0.3 is 0 Å². The van der Waals surface area contributed by atoms with Gasteiger partial charge in [-0.05, 0) is 37.0 Å². The second-order valence-corrected chi connectivity index (χ2v) is 13.9. The number of benzene rings is 1. The topological polar surface area (TPSA) is 41.2 Å². The average molecular weight is 466 g/mol. The summed E-state index contributed by atoms with van der Waals surface area (Å²) < 4.78 is 16.5. The first kappa shape index (κ1) is 20.0. The molecule has 1 aliphatic rings. The summed E-state index contributed by atoms with van der Waals surface area (Å²) in [6, 6.07) is 6.48. The fourth-order valence-electron chi connectivity index (χ4n) is 3.36. The molecule has 0 amide bonds. The second kappa shape index (κ2) is 8.22. The molecule has 152 valence electrons. The fraction of sp³-hybridized carbons (Fsp3) is 0.476. The van der Waals surface area contributed by atoms with Crippen molar-refractivity contribution < 1.29 is 9.47 Å². The third kappa shape index (κ3) is 4.64. The van der Waals surface area contributed by atoms with Crippen molar-refractivity contribution in [3.05, 3.63) is 41.3 Å². The Labute approximate surface area is 176 Å². The average Bonchev–Trinajstić information content (AvgIpc) is 3.18. The molecule has 5 nitrogen and oxygen atoms in total. The summed E-state index contributed by atoms with van der Waals surface area (Å²) >= 11 is 3.62. The molecular formula is C21H28BrN3O2S. The molecule has 0 saturated carbocycles. The molecule has 0 atom stereocenters. The minimum Gasteiger partial charge on any atom is -0.381 e. The highest BCUT2D eigenvalue weighted by Gasteiger charge is 2.21. The van der Waals surface area contributed by atoms with Gasteiger partial charge in [-0.3, -0.25) is 0 Å². The van der Waals surface area contributed by atoms with Gasteiger partial charge < -0.3 is 14.0 Å². The maximum Gasteiger partial charge on any atom is 0.139 e. The molecule has 4 rings (SSSR count). The summed E-state index contributed by atoms with van der Waals surface area (Å²) in [5.74, 6) is 1.72. The van der Waals surface area contributed by atoms with Crippen LogP contribution in [0.1, 0.15) is 0 Å². The molecule has 0 radical (unpaired) electrons. The zero-order valence-corrected chi connectivity index (χ0v) is 19.1. The SMILES string of the molecule is CS(C)(C)CCOCn1cc(-c2cn(CC3COC3)c3ccc(Br)cc23)cn1. The normalized spacial score (nSPS) is 15.9. The van der Waals surface area contributed by atoms with Crippen molar-refractivity contribution in [3.8, 4) is 11.1 Å². The Bertz CT molecular complexity index is 956. The van der Waals surface area contributed by atoms with Crippen molar-refractivity contribution in [1.29, 1.82) is 0 Å². The Morgan fingerprint density at radius 1 is 1.25 bits per heavy atom. The molecular weight excluding hydrogens is 438 g/mol. The number of ether oxygens (including phenoxy) is 2. The quantitative estimate of drug-likeness (QED) is 0.457. The molecule has 7 heteroatoms. The Hall–Kier alpha value is -1.28. The Kier molecular flexibility index (Phi) is 5.88. The molecule has 0 bridgehead atoms. The Balaban J connectivity index is 1.53. The molecule has 1 aromatic carbocycles. The zero-order chi connectivity index (χ0) is 19.7. The molecule has 1 saturated heterocycles. The zero-order valence-electron chi connectivity index (χ0n) is 16.7. The van der Waals surface area contributed by atoms with Crippen LogP contribution in [0.4, 0.5) is 0 Å². The van der Waals surface area contributed by atoms with Crippen molar-refractivity contribution in [1.82, 2.24) is 14.3 Å². The molecule has 1 fully saturated rings. The van der Waals surface area contributed by atoms with E-state index in [2.05, 4.69) is 75.0 Å². The van der Waals surface area contributed by atoms with E-state index < -0.39 is 10.0 Å². The van der Waals surface area contributed by atoms with Crippen LogP contribution >= 0.6 is 26.0 Å². The van der Waals surface area contributed by atoms with E-state index in [0.717, 1.165) is 42.2 Å². The maximum atomic E-state index is 5.83. The van der Waals surface area contributed by atoms with Gasteiger partial charge in [0.05, 0.1) is 26.0 Å². The molecule has 3 aromatic rings. The minimum absolute atomic E-state index is 0.497. The van der Waals surface area contributed by atoms with E-state index in [1.165, 1.54) is 16.5 Å². The summed E-state index contributed by atoms with van der Waals surface area (Å²) in [5, 5.41) is 5.75. The molecule has 0 unspecified atom stereocenters. The maximum absolute atomic E-state index is 5.83. The highest BCUT2D eigenvalue weighted by molar-refractivity contribution is 9.10. The lowest BCUT2D eigenvalue weighted by atomic mass is 10.1. The van der Waals surface area contributed by atoms with Crippen LogP contribution in [-0.4, -0.2) is 58.7 Å². The summed E-state index contributed by atoms with van der Waals surface area (Å²) in [5.41, 5.74) is 3.58. The van der Waals surface area contributed by atoms with E-state index >= 15 is 0 Å². The van der Waals surface area contributed by atoms with Gasteiger partial charge in [-0.15, -0.1) is 0 Å². The number of aromatic nitrogens is 3. The molecule has 0 aliphatic carbocycles. The van der Waals surface area contributed by atoms with Gasteiger partial charge in [-0.25, -0.2) is 14.7 Å². The summed E-state index contributed by atoms with van der Waals surface area (Å²) in [4.78, 5) is 0. The Morgan fingerprint density at radius 2 is 2.07 bits per heavy atom. The second-order valence-electron chi connectivity index (χ2n) is 8.36. The van der Waals surface area contributed by atoms with Crippen molar-refractivity contribution >= 4 is 36.9 Å². The van der Waals surface area contributed by atoms with Crippen LogP contribution in [-0.2, 0) is 22.7 Å². The lowest BCUT2D eigenvalue weighted by Crippen LogP contribution is -2.31. The van der Waals surface area contributed by atoms with E-state index in [4.69, 9.17) is 9.47 Å². The third-order valence-electron chi connectivity index (χ3n) is 5.01. The standard InChI is InChI=1S/C21H28BrN3O2S/c1-28(2,3)7-6-26-15-25-11-17(9-23-25)20-12-24(10-16-13-27-14-16)21-5-4-18(22)8-19(20)21/h4-5,8-9,11-12,16H,6-7,10,13-15H2,1-3H3. The van der Waals surface area contributed by atoms with E-state index in [9.17, 15) is 0 Å². The van der Waals surface area contributed by atoms with Crippen LogP contribution < -0.4 is 0 Å². The molecule has 28 heavy (non-hydrogen) atoms. The molecule has 2 aromatic heterocycles. The van der Waals surface area contributed by atoms with E-state index in [1.807, 2.05) is 10.9 Å². The molecule has 1 aliphatic heterocycles. The molecule has 0 spiro atoms. The van der Waals surface area contributed by atoms with Crippen molar-refractivity contribution in [2.24, 2.45) is 5.92 Å². The van der Waals surface area contributed by atoms with Gasteiger partial charge in [0.2, 0.25) is 0 Å². The highest BCUT2D eigenvalue weighted by atomic mass is 79.9. The number of nitrogens with zero attached hydrogens (tertiary/aromatic N) is 3. The van der Waals surface area contributed by atoms with Crippen LogP contribution in [0, 0.1) is 5.92 Å². The first-order chi connectivity index (χ1) is 13.4. The fourth-order valence-corrected chi connectivity index (χ4v) is 4.34. The number of fused-ring (bicyclic) bond motifs is 1. The number of rotatable bonds is 8. The van der Waals surface area contributed by atoms with Gasteiger partial charge in [0.15, 0.2) is 0 Å². The van der Waals surface area contributed by atoms with Crippen molar-refractivity contribution in [2.45, 2.75) is 13.3 Å². The van der Waals surface area contributed by atoms with E-state index in [-0.39, 0.29) is 0 Å². The van der Waals surface area contributed by atoms with Crippen LogP contribution in [0.3, 0.4) is 0 Å². The predicted molar refractivity (Wildman–Crippen MR) is 121 cm³/mol. The Morgan fingerprint density at radius 3 is 2.79 bits per heavy atom. The number of halogens is 1. The first-order valence-electron chi connectivity index (χ1n) is 9.52. The van der Waals surface area contributed by atoms with Crippen LogP contribution in [0.25, 0.3) is 22.0 Å². The van der Waals surface area contributed by atoms with Crippen LogP contribution in [0.5, 0.6) is 0 Å².